The first kappa shape index (κ1) is 22.1. The van der Waals surface area contributed by atoms with Crippen molar-refractivity contribution < 1.29 is 33.6 Å². The van der Waals surface area contributed by atoms with Crippen LogP contribution in [-0.4, -0.2) is 39.7 Å². The molecule has 0 fully saturated rings. The molecule has 28 heavy (non-hydrogen) atoms. The van der Waals surface area contributed by atoms with E-state index in [1.54, 1.807) is 13.0 Å². The molecule has 2 rings (SSSR count). The number of rotatable bonds is 8. The van der Waals surface area contributed by atoms with Gasteiger partial charge in [0.15, 0.2) is 6.35 Å². The van der Waals surface area contributed by atoms with Crippen LogP contribution in [0.5, 0.6) is 5.75 Å². The van der Waals surface area contributed by atoms with Gasteiger partial charge in [0.25, 0.3) is 0 Å². The zero-order valence-electron chi connectivity index (χ0n) is 16.0. The van der Waals surface area contributed by atoms with Crippen LogP contribution in [0.2, 0.25) is 0 Å². The molecular weight excluding hydrogens is 386 g/mol. The fourth-order valence-electron chi connectivity index (χ4n) is 2.97. The Balaban J connectivity index is 2.33. The molecule has 6 nitrogen and oxygen atoms in total. The van der Waals surface area contributed by atoms with Crippen LogP contribution in [0.1, 0.15) is 23.1 Å². The van der Waals surface area contributed by atoms with Crippen LogP contribution in [-0.2, 0) is 9.36 Å². The summed E-state index contributed by atoms with van der Waals surface area (Å²) in [6.07, 6.45) is -3.39. The smallest absolute Gasteiger partial charge is 0.305 e. The predicted molar refractivity (Wildman–Crippen MR) is 104 cm³/mol. The van der Waals surface area contributed by atoms with E-state index in [2.05, 4.69) is 0 Å². The molecule has 2 unspecified atom stereocenters. The lowest BCUT2D eigenvalue weighted by atomic mass is 9.97. The van der Waals surface area contributed by atoms with Gasteiger partial charge in [0.1, 0.15) is 11.6 Å². The highest BCUT2D eigenvalue weighted by Crippen LogP contribution is 2.44. The molecule has 0 radical (unpaired) electrons. The first-order valence-corrected chi connectivity index (χ1v) is 10.7. The summed E-state index contributed by atoms with van der Waals surface area (Å²) in [6.45, 7) is 5.07. The Labute approximate surface area is 163 Å². The first-order valence-electron chi connectivity index (χ1n) is 8.70. The molecule has 3 N–H and O–H groups in total. The van der Waals surface area contributed by atoms with Crippen molar-refractivity contribution in [2.45, 2.75) is 33.3 Å². The average molecular weight is 410 g/mol. The molecule has 0 saturated carbocycles. The van der Waals surface area contributed by atoms with E-state index in [0.29, 0.717) is 11.1 Å². The zero-order valence-corrected chi connectivity index (χ0v) is 16.9. The standard InChI is InChI=1S/C20H24FO6P/c1-12-5-4-6-15(7-12)17-8-13(2)19(21)14(3)20(17)27-11-28(25,26)10-16(22)9-18(23)24/h4-8,16,22H,9-11H2,1-3H3,(H,23,24)(H,25,26). The van der Waals surface area contributed by atoms with Gasteiger partial charge in [-0.05, 0) is 38.0 Å². The van der Waals surface area contributed by atoms with Gasteiger partial charge in [-0.1, -0.05) is 29.8 Å². The van der Waals surface area contributed by atoms with Gasteiger partial charge in [-0.15, -0.1) is 0 Å². The summed E-state index contributed by atoms with van der Waals surface area (Å²) in [5.74, 6) is -1.59. The molecule has 0 heterocycles. The van der Waals surface area contributed by atoms with E-state index in [1.165, 1.54) is 6.92 Å². The van der Waals surface area contributed by atoms with E-state index in [-0.39, 0.29) is 11.3 Å². The van der Waals surface area contributed by atoms with Gasteiger partial charge >= 0.3 is 5.97 Å². The van der Waals surface area contributed by atoms with Crippen molar-refractivity contribution in [3.05, 3.63) is 52.8 Å². The molecule has 2 atom stereocenters. The number of carbonyl (C=O) groups is 1. The second-order valence-corrected chi connectivity index (χ2v) is 9.25. The summed E-state index contributed by atoms with van der Waals surface area (Å²) in [5, 5.41) is 18.3. The Hall–Kier alpha value is -2.21. The van der Waals surface area contributed by atoms with E-state index < -0.39 is 44.2 Å². The highest BCUT2D eigenvalue weighted by Gasteiger charge is 2.27. The number of aliphatic hydroxyl groups excluding tert-OH is 1. The van der Waals surface area contributed by atoms with Gasteiger partial charge in [0, 0.05) is 11.1 Å². The van der Waals surface area contributed by atoms with E-state index in [9.17, 15) is 23.7 Å². The first-order chi connectivity index (χ1) is 13.0. The molecule has 0 aliphatic rings. The number of halogens is 1. The molecule has 2 aromatic rings. The van der Waals surface area contributed by atoms with Crippen molar-refractivity contribution in [1.29, 1.82) is 0 Å². The lowest BCUT2D eigenvalue weighted by Crippen LogP contribution is -2.19. The summed E-state index contributed by atoms with van der Waals surface area (Å²) in [4.78, 5) is 20.7. The second kappa shape index (κ2) is 8.86. The maximum absolute atomic E-state index is 14.4. The number of aliphatic hydroxyl groups is 1. The highest BCUT2D eigenvalue weighted by atomic mass is 31.2. The monoisotopic (exact) mass is 410 g/mol. The quantitative estimate of drug-likeness (QED) is 0.571. The number of aryl methyl sites for hydroxylation is 2. The lowest BCUT2D eigenvalue weighted by molar-refractivity contribution is -0.138. The minimum absolute atomic E-state index is 0.149. The predicted octanol–water partition coefficient (Wildman–Crippen LogP) is 3.86. The third kappa shape index (κ3) is 5.64. The minimum atomic E-state index is -4.00. The normalized spacial score (nSPS) is 14.4. The molecule has 0 aliphatic heterocycles. The molecule has 8 heteroatoms. The Morgan fingerprint density at radius 1 is 1.25 bits per heavy atom. The van der Waals surface area contributed by atoms with E-state index >= 15 is 0 Å². The van der Waals surface area contributed by atoms with Gasteiger partial charge in [-0.25, -0.2) is 4.39 Å². The van der Waals surface area contributed by atoms with Crippen molar-refractivity contribution >= 4 is 13.3 Å². The van der Waals surface area contributed by atoms with Gasteiger partial charge in [-0.3, -0.25) is 9.36 Å². The third-order valence-electron chi connectivity index (χ3n) is 4.27. The van der Waals surface area contributed by atoms with Gasteiger partial charge in [0.05, 0.1) is 18.7 Å². The lowest BCUT2D eigenvalue weighted by Gasteiger charge is -2.20. The number of carboxylic acids is 1. The molecule has 0 bridgehead atoms. The van der Waals surface area contributed by atoms with Crippen LogP contribution < -0.4 is 4.74 Å². The van der Waals surface area contributed by atoms with E-state index in [1.807, 2.05) is 31.2 Å². The van der Waals surface area contributed by atoms with E-state index in [0.717, 1.165) is 11.1 Å². The summed E-state index contributed by atoms with van der Waals surface area (Å²) < 4.78 is 32.3. The largest absolute Gasteiger partial charge is 0.482 e. The Bertz CT molecular complexity index is 927. The number of carboxylic acid groups (broad SMARTS) is 1. The van der Waals surface area contributed by atoms with E-state index in [4.69, 9.17) is 9.84 Å². The molecule has 0 aromatic heterocycles. The van der Waals surface area contributed by atoms with Crippen LogP contribution in [0.15, 0.2) is 30.3 Å². The fraction of sp³-hybridized carbons (Fsp3) is 0.350. The minimum Gasteiger partial charge on any atom is -0.482 e. The Morgan fingerprint density at radius 3 is 2.54 bits per heavy atom. The van der Waals surface area contributed by atoms with Crippen molar-refractivity contribution in [1.82, 2.24) is 0 Å². The van der Waals surface area contributed by atoms with Crippen molar-refractivity contribution in [3.8, 4) is 16.9 Å². The number of hydrogen-bond donors (Lipinski definition) is 3. The summed E-state index contributed by atoms with van der Waals surface area (Å²) in [7, 11) is -4.00. The molecule has 0 spiro atoms. The molecule has 0 amide bonds. The topological polar surface area (TPSA) is 104 Å². The van der Waals surface area contributed by atoms with Crippen LogP contribution in [0, 0.1) is 26.6 Å². The van der Waals surface area contributed by atoms with Crippen molar-refractivity contribution in [2.75, 3.05) is 12.5 Å². The van der Waals surface area contributed by atoms with Gasteiger partial charge in [0.2, 0.25) is 7.37 Å². The van der Waals surface area contributed by atoms with Crippen LogP contribution in [0.4, 0.5) is 4.39 Å². The zero-order chi connectivity index (χ0) is 21.1. The third-order valence-corrected chi connectivity index (χ3v) is 5.79. The molecule has 152 valence electrons. The molecule has 0 aliphatic carbocycles. The van der Waals surface area contributed by atoms with Gasteiger partial charge in [-0.2, -0.15) is 0 Å². The summed E-state index contributed by atoms with van der Waals surface area (Å²) in [6, 6.07) is 9.12. The number of benzene rings is 2. The SMILES string of the molecule is Cc1cccc(-c2cc(C)c(F)c(C)c2OCP(=O)(O)CC(O)CC(=O)O)c1. The number of aliphatic carboxylic acids is 1. The summed E-state index contributed by atoms with van der Waals surface area (Å²) in [5.41, 5.74) is 2.99. The Morgan fingerprint density at radius 2 is 1.93 bits per heavy atom. The number of hydrogen-bond acceptors (Lipinski definition) is 4. The van der Waals surface area contributed by atoms with Crippen LogP contribution in [0.25, 0.3) is 11.1 Å². The highest BCUT2D eigenvalue weighted by molar-refractivity contribution is 7.57. The Kier molecular flexibility index (Phi) is 6.99. The van der Waals surface area contributed by atoms with Crippen molar-refractivity contribution in [3.63, 3.8) is 0 Å². The van der Waals surface area contributed by atoms with Gasteiger partial charge < -0.3 is 19.8 Å². The van der Waals surface area contributed by atoms with Crippen molar-refractivity contribution in [2.24, 2.45) is 0 Å². The second-order valence-electron chi connectivity index (χ2n) is 6.93. The average Bonchev–Trinajstić information content (AvgIpc) is 2.57. The summed E-state index contributed by atoms with van der Waals surface area (Å²) >= 11 is 0. The van der Waals surface area contributed by atoms with Crippen LogP contribution in [0.3, 0.4) is 0 Å². The molecule has 0 saturated heterocycles. The fourth-order valence-corrected chi connectivity index (χ4v) is 4.19. The molecular formula is C20H24FO6P. The number of ether oxygens (including phenoxy) is 1. The maximum Gasteiger partial charge on any atom is 0.305 e. The van der Waals surface area contributed by atoms with Crippen LogP contribution >= 0.6 is 7.37 Å². The maximum atomic E-state index is 14.4. The molecule has 2 aromatic carbocycles.